The van der Waals surface area contributed by atoms with Crippen molar-refractivity contribution in [2.45, 2.75) is 19.9 Å². The number of carbonyl (C=O) groups is 1. The largest absolute Gasteiger partial charge is 0.495 e. The standard InChI is InChI=1S/C17H19N3O4/c1-11-7-8-16(24-3)15(9-11)18-12(2)17(21)19-13-5-4-6-14(10-13)20(22)23/h4-10,12,18H,1-3H3,(H,19,21)/t12-/m0/s1. The Hall–Kier alpha value is -3.09. The maximum atomic E-state index is 12.3. The molecular formula is C17H19N3O4. The first-order valence-electron chi connectivity index (χ1n) is 7.37. The summed E-state index contributed by atoms with van der Waals surface area (Å²) in [5, 5.41) is 16.5. The Morgan fingerprint density at radius 1 is 1.25 bits per heavy atom. The normalized spacial score (nSPS) is 11.5. The quantitative estimate of drug-likeness (QED) is 0.626. The molecule has 126 valence electrons. The van der Waals surface area contributed by atoms with Gasteiger partial charge < -0.3 is 15.4 Å². The lowest BCUT2D eigenvalue weighted by Gasteiger charge is -2.18. The van der Waals surface area contributed by atoms with Gasteiger partial charge >= 0.3 is 0 Å². The average Bonchev–Trinajstić information content (AvgIpc) is 2.55. The molecule has 0 spiro atoms. The lowest BCUT2D eigenvalue weighted by molar-refractivity contribution is -0.384. The van der Waals surface area contributed by atoms with Crippen LogP contribution in [0.3, 0.4) is 0 Å². The van der Waals surface area contributed by atoms with Gasteiger partial charge in [0.1, 0.15) is 11.8 Å². The van der Waals surface area contributed by atoms with Gasteiger partial charge in [0.15, 0.2) is 0 Å². The fourth-order valence-corrected chi connectivity index (χ4v) is 2.18. The summed E-state index contributed by atoms with van der Waals surface area (Å²) < 4.78 is 5.27. The summed E-state index contributed by atoms with van der Waals surface area (Å²) in [7, 11) is 1.56. The molecule has 0 fully saturated rings. The Labute approximate surface area is 139 Å². The molecule has 0 radical (unpaired) electrons. The van der Waals surface area contributed by atoms with Gasteiger partial charge in [-0.2, -0.15) is 0 Å². The van der Waals surface area contributed by atoms with Gasteiger partial charge in [0.25, 0.3) is 5.69 Å². The molecule has 0 aromatic heterocycles. The fourth-order valence-electron chi connectivity index (χ4n) is 2.18. The van der Waals surface area contributed by atoms with Crippen molar-refractivity contribution in [3.05, 3.63) is 58.1 Å². The predicted octanol–water partition coefficient (Wildman–Crippen LogP) is 3.35. The second kappa shape index (κ2) is 7.45. The summed E-state index contributed by atoms with van der Waals surface area (Å²) in [4.78, 5) is 22.6. The highest BCUT2D eigenvalue weighted by Gasteiger charge is 2.16. The molecule has 0 saturated carbocycles. The van der Waals surface area contributed by atoms with Gasteiger partial charge in [-0.15, -0.1) is 0 Å². The number of hydrogen-bond donors (Lipinski definition) is 2. The number of nitrogens with zero attached hydrogens (tertiary/aromatic N) is 1. The van der Waals surface area contributed by atoms with Crippen LogP contribution in [0.5, 0.6) is 5.75 Å². The van der Waals surface area contributed by atoms with Crippen LogP contribution in [0.25, 0.3) is 0 Å². The first-order chi connectivity index (χ1) is 11.4. The first-order valence-corrected chi connectivity index (χ1v) is 7.37. The van der Waals surface area contributed by atoms with Crippen LogP contribution in [0, 0.1) is 17.0 Å². The van der Waals surface area contributed by atoms with Gasteiger partial charge in [-0.1, -0.05) is 12.1 Å². The second-order valence-corrected chi connectivity index (χ2v) is 5.37. The molecule has 0 heterocycles. The van der Waals surface area contributed by atoms with Crippen LogP contribution >= 0.6 is 0 Å². The van der Waals surface area contributed by atoms with Crippen LogP contribution in [-0.4, -0.2) is 24.0 Å². The summed E-state index contributed by atoms with van der Waals surface area (Å²) in [6.45, 7) is 3.65. The minimum absolute atomic E-state index is 0.0752. The molecule has 0 aliphatic heterocycles. The van der Waals surface area contributed by atoms with Crippen molar-refractivity contribution < 1.29 is 14.5 Å². The van der Waals surface area contributed by atoms with E-state index in [2.05, 4.69) is 10.6 Å². The Kier molecular flexibility index (Phi) is 5.36. The van der Waals surface area contributed by atoms with Crippen LogP contribution < -0.4 is 15.4 Å². The van der Waals surface area contributed by atoms with Crippen molar-refractivity contribution in [3.8, 4) is 5.75 Å². The summed E-state index contributed by atoms with van der Waals surface area (Å²) in [6, 6.07) is 10.9. The molecule has 0 unspecified atom stereocenters. The Balaban J connectivity index is 2.09. The fraction of sp³-hybridized carbons (Fsp3) is 0.235. The minimum atomic E-state index is -0.556. The second-order valence-electron chi connectivity index (χ2n) is 5.37. The van der Waals surface area contributed by atoms with Gasteiger partial charge in [-0.05, 0) is 37.6 Å². The van der Waals surface area contributed by atoms with Crippen LogP contribution in [0.15, 0.2) is 42.5 Å². The molecule has 2 rings (SSSR count). The molecule has 0 saturated heterocycles. The van der Waals surface area contributed by atoms with Crippen molar-refractivity contribution in [3.63, 3.8) is 0 Å². The average molecular weight is 329 g/mol. The number of methoxy groups -OCH3 is 1. The summed E-state index contributed by atoms with van der Waals surface area (Å²) in [6.07, 6.45) is 0. The predicted molar refractivity (Wildman–Crippen MR) is 92.5 cm³/mol. The van der Waals surface area contributed by atoms with E-state index in [1.807, 2.05) is 25.1 Å². The molecular weight excluding hydrogens is 310 g/mol. The molecule has 2 aromatic rings. The van der Waals surface area contributed by atoms with Gasteiger partial charge in [-0.3, -0.25) is 14.9 Å². The van der Waals surface area contributed by atoms with E-state index in [0.29, 0.717) is 17.1 Å². The number of nitrogens with one attached hydrogen (secondary N) is 2. The van der Waals surface area contributed by atoms with E-state index in [-0.39, 0.29) is 11.6 Å². The molecule has 0 aliphatic carbocycles. The van der Waals surface area contributed by atoms with Crippen LogP contribution in [0.1, 0.15) is 12.5 Å². The number of nitro benzene ring substituents is 1. The molecule has 1 amide bonds. The Bertz CT molecular complexity index is 761. The number of carbonyl (C=O) groups excluding carboxylic acids is 1. The van der Waals surface area contributed by atoms with Gasteiger partial charge in [0, 0.05) is 17.8 Å². The molecule has 1 atom stereocenters. The molecule has 7 nitrogen and oxygen atoms in total. The lowest BCUT2D eigenvalue weighted by Crippen LogP contribution is -2.32. The topological polar surface area (TPSA) is 93.5 Å². The smallest absolute Gasteiger partial charge is 0.271 e. The van der Waals surface area contributed by atoms with Crippen molar-refractivity contribution in [1.29, 1.82) is 0 Å². The van der Waals surface area contributed by atoms with E-state index in [0.717, 1.165) is 5.56 Å². The van der Waals surface area contributed by atoms with Gasteiger partial charge in [0.05, 0.1) is 17.7 Å². The zero-order valence-electron chi connectivity index (χ0n) is 13.7. The number of ether oxygens (including phenoxy) is 1. The van der Waals surface area contributed by atoms with Crippen LogP contribution in [0.4, 0.5) is 17.1 Å². The van der Waals surface area contributed by atoms with Gasteiger partial charge in [-0.25, -0.2) is 0 Å². The van der Waals surface area contributed by atoms with Crippen LogP contribution in [-0.2, 0) is 4.79 Å². The number of benzene rings is 2. The number of amides is 1. The summed E-state index contributed by atoms with van der Waals surface area (Å²) in [5.41, 5.74) is 2.04. The summed E-state index contributed by atoms with van der Waals surface area (Å²) in [5.74, 6) is 0.328. The molecule has 7 heteroatoms. The Morgan fingerprint density at radius 3 is 2.67 bits per heavy atom. The highest BCUT2D eigenvalue weighted by molar-refractivity contribution is 5.96. The number of nitro groups is 1. The monoisotopic (exact) mass is 329 g/mol. The number of aryl methyl sites for hydroxylation is 1. The van der Waals surface area contributed by atoms with E-state index in [1.165, 1.54) is 18.2 Å². The third-order valence-electron chi connectivity index (χ3n) is 3.44. The maximum absolute atomic E-state index is 12.3. The number of anilines is 2. The Morgan fingerprint density at radius 2 is 2.00 bits per heavy atom. The first kappa shape index (κ1) is 17.3. The zero-order chi connectivity index (χ0) is 17.7. The molecule has 2 aromatic carbocycles. The molecule has 2 N–H and O–H groups in total. The highest BCUT2D eigenvalue weighted by Crippen LogP contribution is 2.26. The number of hydrogen-bond acceptors (Lipinski definition) is 5. The van der Waals surface area contributed by atoms with Crippen molar-refractivity contribution in [1.82, 2.24) is 0 Å². The van der Waals surface area contributed by atoms with Gasteiger partial charge in [0.2, 0.25) is 5.91 Å². The third kappa shape index (κ3) is 4.22. The molecule has 24 heavy (non-hydrogen) atoms. The molecule has 0 aliphatic rings. The number of non-ortho nitro benzene ring substituents is 1. The van der Waals surface area contributed by atoms with E-state index in [4.69, 9.17) is 4.74 Å². The van der Waals surface area contributed by atoms with E-state index in [9.17, 15) is 14.9 Å². The van der Waals surface area contributed by atoms with E-state index in [1.54, 1.807) is 20.1 Å². The summed E-state index contributed by atoms with van der Waals surface area (Å²) >= 11 is 0. The van der Waals surface area contributed by atoms with Crippen molar-refractivity contribution >= 4 is 23.0 Å². The van der Waals surface area contributed by atoms with E-state index < -0.39 is 11.0 Å². The third-order valence-corrected chi connectivity index (χ3v) is 3.44. The van der Waals surface area contributed by atoms with Crippen molar-refractivity contribution in [2.75, 3.05) is 17.7 Å². The van der Waals surface area contributed by atoms with E-state index >= 15 is 0 Å². The molecule has 0 bridgehead atoms. The SMILES string of the molecule is COc1ccc(C)cc1N[C@@H](C)C(=O)Nc1cccc([N+](=O)[O-])c1. The minimum Gasteiger partial charge on any atom is -0.495 e. The maximum Gasteiger partial charge on any atom is 0.271 e. The lowest BCUT2D eigenvalue weighted by atomic mass is 10.2. The number of rotatable bonds is 6. The van der Waals surface area contributed by atoms with Crippen LogP contribution in [0.2, 0.25) is 0 Å². The zero-order valence-corrected chi connectivity index (χ0v) is 13.7. The highest BCUT2D eigenvalue weighted by atomic mass is 16.6. The van der Waals surface area contributed by atoms with Crippen molar-refractivity contribution in [2.24, 2.45) is 0 Å².